The van der Waals surface area contributed by atoms with E-state index in [1.165, 1.54) is 18.2 Å². The lowest BCUT2D eigenvalue weighted by Gasteiger charge is -2.19. The number of para-hydroxylation sites is 2. The first-order valence-electron chi connectivity index (χ1n) is 9.02. The molecule has 0 saturated heterocycles. The van der Waals surface area contributed by atoms with Gasteiger partial charge in [-0.1, -0.05) is 31.2 Å². The van der Waals surface area contributed by atoms with Gasteiger partial charge in [-0.3, -0.25) is 19.8 Å². The molecule has 3 aromatic rings. The van der Waals surface area contributed by atoms with Gasteiger partial charge in [0.05, 0.1) is 29.7 Å². The maximum Gasteiger partial charge on any atom is 0.326 e. The smallest absolute Gasteiger partial charge is 0.309 e. The Balaban J connectivity index is 1.61. The van der Waals surface area contributed by atoms with Gasteiger partial charge in [-0.15, -0.1) is 0 Å². The highest BCUT2D eigenvalue weighted by Crippen LogP contribution is 2.12. The Morgan fingerprint density at radius 1 is 1.14 bits per heavy atom. The molecule has 0 saturated carbocycles. The molecule has 150 valence electrons. The van der Waals surface area contributed by atoms with E-state index in [1.54, 1.807) is 35.2 Å². The van der Waals surface area contributed by atoms with Crippen LogP contribution in [0.2, 0.25) is 0 Å². The molecular formula is C20H20FN5O3. The van der Waals surface area contributed by atoms with Crippen molar-refractivity contribution in [3.8, 4) is 0 Å². The summed E-state index contributed by atoms with van der Waals surface area (Å²) in [6.45, 7) is 2.45. The number of imide groups is 1. The van der Waals surface area contributed by atoms with E-state index in [-0.39, 0.29) is 24.3 Å². The third-order valence-corrected chi connectivity index (χ3v) is 4.22. The summed E-state index contributed by atoms with van der Waals surface area (Å²) >= 11 is 0. The molecule has 0 unspecified atom stereocenters. The van der Waals surface area contributed by atoms with Gasteiger partial charge in [0, 0.05) is 0 Å². The maximum absolute atomic E-state index is 13.6. The fourth-order valence-corrected chi connectivity index (χ4v) is 2.79. The summed E-state index contributed by atoms with van der Waals surface area (Å²) < 4.78 is 13.6. The highest BCUT2D eigenvalue weighted by Gasteiger charge is 2.15. The first-order chi connectivity index (χ1) is 14.0. The van der Waals surface area contributed by atoms with Crippen LogP contribution in [0.25, 0.3) is 10.9 Å². The van der Waals surface area contributed by atoms with E-state index in [9.17, 15) is 18.8 Å². The van der Waals surface area contributed by atoms with Gasteiger partial charge >= 0.3 is 6.03 Å². The number of carbonyl (C=O) groups is 2. The predicted octanol–water partition coefficient (Wildman–Crippen LogP) is 2.23. The summed E-state index contributed by atoms with van der Waals surface area (Å²) in [5, 5.41) is 4.93. The van der Waals surface area contributed by atoms with Crippen molar-refractivity contribution >= 4 is 28.5 Å². The summed E-state index contributed by atoms with van der Waals surface area (Å²) in [5.41, 5.74) is 0.287. The number of anilines is 1. The van der Waals surface area contributed by atoms with Crippen LogP contribution >= 0.6 is 0 Å². The number of rotatable bonds is 6. The molecule has 1 aromatic heterocycles. The number of hydrogen-bond acceptors (Lipinski definition) is 5. The van der Waals surface area contributed by atoms with Crippen molar-refractivity contribution in [1.82, 2.24) is 20.2 Å². The maximum atomic E-state index is 13.6. The summed E-state index contributed by atoms with van der Waals surface area (Å²) in [6.07, 6.45) is 0. The first-order valence-corrected chi connectivity index (χ1v) is 9.02. The lowest BCUT2D eigenvalue weighted by Crippen LogP contribution is -2.42. The Kier molecular flexibility index (Phi) is 6.30. The Morgan fingerprint density at radius 2 is 1.86 bits per heavy atom. The number of hydrogen-bond donors (Lipinski definition) is 3. The number of benzene rings is 2. The molecule has 1 heterocycles. The van der Waals surface area contributed by atoms with Gasteiger partial charge in [-0.2, -0.15) is 0 Å². The zero-order valence-corrected chi connectivity index (χ0v) is 15.7. The van der Waals surface area contributed by atoms with Crippen LogP contribution in [-0.4, -0.2) is 39.9 Å². The van der Waals surface area contributed by atoms with Gasteiger partial charge in [0.2, 0.25) is 5.91 Å². The lowest BCUT2D eigenvalue weighted by atomic mass is 10.2. The van der Waals surface area contributed by atoms with Crippen LogP contribution in [-0.2, 0) is 11.3 Å². The highest BCUT2D eigenvalue weighted by molar-refractivity contribution is 6.01. The summed E-state index contributed by atoms with van der Waals surface area (Å²) in [6, 6.07) is 11.8. The van der Waals surface area contributed by atoms with Crippen LogP contribution in [0.4, 0.5) is 14.9 Å². The Labute approximate surface area is 165 Å². The van der Waals surface area contributed by atoms with Crippen molar-refractivity contribution in [3.63, 3.8) is 0 Å². The fourth-order valence-electron chi connectivity index (χ4n) is 2.79. The van der Waals surface area contributed by atoms with Gasteiger partial charge < -0.3 is 10.3 Å². The molecule has 3 amide bonds. The number of likely N-dealkylation sites (N-methyl/N-ethyl adjacent to an activating group) is 1. The molecule has 0 aliphatic heterocycles. The van der Waals surface area contributed by atoms with E-state index in [2.05, 4.69) is 20.6 Å². The van der Waals surface area contributed by atoms with Crippen molar-refractivity contribution in [1.29, 1.82) is 0 Å². The van der Waals surface area contributed by atoms with Crippen molar-refractivity contribution in [2.75, 3.05) is 18.4 Å². The van der Waals surface area contributed by atoms with Gasteiger partial charge in [-0.05, 0) is 30.8 Å². The Bertz CT molecular complexity index is 1100. The van der Waals surface area contributed by atoms with E-state index in [0.29, 0.717) is 23.3 Å². The number of urea groups is 1. The molecule has 0 radical (unpaired) electrons. The molecule has 0 aliphatic rings. The van der Waals surface area contributed by atoms with Crippen molar-refractivity contribution in [3.05, 3.63) is 70.5 Å². The van der Waals surface area contributed by atoms with Crippen LogP contribution in [0.5, 0.6) is 0 Å². The minimum Gasteiger partial charge on any atom is -0.309 e. The lowest BCUT2D eigenvalue weighted by molar-refractivity contribution is -0.121. The van der Waals surface area contributed by atoms with Crippen LogP contribution in [0.1, 0.15) is 12.7 Å². The molecule has 3 N–H and O–H groups in total. The number of nitrogens with one attached hydrogen (secondary N) is 3. The van der Waals surface area contributed by atoms with Gasteiger partial charge in [0.15, 0.2) is 0 Å². The minimum atomic E-state index is -0.826. The summed E-state index contributed by atoms with van der Waals surface area (Å²) in [5.74, 6) is -0.750. The molecule has 9 heteroatoms. The SMILES string of the molecule is CCN(CC(=O)NC(=O)Nc1ccccc1F)Cc1nc2ccccc2c(=O)[nH]1. The van der Waals surface area contributed by atoms with Crippen molar-refractivity contribution < 1.29 is 14.0 Å². The van der Waals surface area contributed by atoms with E-state index >= 15 is 0 Å². The van der Waals surface area contributed by atoms with Crippen LogP contribution in [0.3, 0.4) is 0 Å². The molecule has 0 fully saturated rings. The zero-order valence-electron chi connectivity index (χ0n) is 15.7. The number of aromatic nitrogens is 2. The van der Waals surface area contributed by atoms with Gasteiger partial charge in [0.1, 0.15) is 11.6 Å². The quantitative estimate of drug-likeness (QED) is 0.591. The fraction of sp³-hybridized carbons (Fsp3) is 0.200. The topological polar surface area (TPSA) is 107 Å². The van der Waals surface area contributed by atoms with E-state index in [1.807, 2.05) is 6.92 Å². The number of amides is 3. The van der Waals surface area contributed by atoms with Crippen LogP contribution in [0.15, 0.2) is 53.3 Å². The monoisotopic (exact) mass is 397 g/mol. The third kappa shape index (κ3) is 5.23. The first kappa shape index (κ1) is 20.2. The molecule has 0 atom stereocenters. The molecule has 0 aliphatic carbocycles. The number of aromatic amines is 1. The average molecular weight is 397 g/mol. The number of fused-ring (bicyclic) bond motifs is 1. The molecule has 29 heavy (non-hydrogen) atoms. The molecular weight excluding hydrogens is 377 g/mol. The predicted molar refractivity (Wildman–Crippen MR) is 107 cm³/mol. The van der Waals surface area contributed by atoms with Gasteiger partial charge in [0.25, 0.3) is 5.56 Å². The van der Waals surface area contributed by atoms with Crippen LogP contribution < -0.4 is 16.2 Å². The Hall–Kier alpha value is -3.59. The number of halogens is 1. The second-order valence-corrected chi connectivity index (χ2v) is 6.32. The van der Waals surface area contributed by atoms with E-state index in [4.69, 9.17) is 0 Å². The average Bonchev–Trinajstić information content (AvgIpc) is 2.69. The molecule has 2 aromatic carbocycles. The second kappa shape index (κ2) is 9.07. The third-order valence-electron chi connectivity index (χ3n) is 4.22. The molecule has 3 rings (SSSR count). The molecule has 0 spiro atoms. The van der Waals surface area contributed by atoms with Crippen LogP contribution in [0, 0.1) is 5.82 Å². The zero-order chi connectivity index (χ0) is 20.8. The highest BCUT2D eigenvalue weighted by atomic mass is 19.1. The number of carbonyl (C=O) groups excluding carboxylic acids is 2. The number of nitrogens with zero attached hydrogens (tertiary/aromatic N) is 2. The normalized spacial score (nSPS) is 10.9. The summed E-state index contributed by atoms with van der Waals surface area (Å²) in [7, 11) is 0. The number of H-pyrrole nitrogens is 1. The van der Waals surface area contributed by atoms with Crippen molar-refractivity contribution in [2.45, 2.75) is 13.5 Å². The summed E-state index contributed by atoms with van der Waals surface area (Å²) in [4.78, 5) is 45.1. The van der Waals surface area contributed by atoms with E-state index in [0.717, 1.165) is 0 Å². The second-order valence-electron chi connectivity index (χ2n) is 6.32. The van der Waals surface area contributed by atoms with Gasteiger partial charge in [-0.25, -0.2) is 14.2 Å². The largest absolute Gasteiger partial charge is 0.326 e. The van der Waals surface area contributed by atoms with Crippen molar-refractivity contribution in [2.24, 2.45) is 0 Å². The molecule has 8 nitrogen and oxygen atoms in total. The minimum absolute atomic E-state index is 0.0249. The van der Waals surface area contributed by atoms with E-state index < -0.39 is 17.8 Å². The standard InChI is InChI=1S/C20H20FN5O3/c1-2-26(11-17-22-15-9-5-3-7-13(15)19(28)24-17)12-18(27)25-20(29)23-16-10-6-4-8-14(16)21/h3-10H,2,11-12H2,1H3,(H,22,24,28)(H2,23,25,27,29). The Morgan fingerprint density at radius 3 is 2.62 bits per heavy atom. The molecule has 0 bridgehead atoms.